The van der Waals surface area contributed by atoms with Gasteiger partial charge in [0.05, 0.1) is 0 Å². The Balaban J connectivity index is 0.000001000. The molecule has 1 saturated carbocycles. The molecular weight excluding hydrogens is 178 g/mol. The second-order valence-corrected chi connectivity index (χ2v) is 3.88. The zero-order valence-electron chi connectivity index (χ0n) is 6.64. The summed E-state index contributed by atoms with van der Waals surface area (Å²) in [5.74, 6) is 0. The third kappa shape index (κ3) is 3.11. The Kier molecular flexibility index (Phi) is 5.38. The number of hydrogen-bond acceptors (Lipinski definition) is 2. The normalized spacial score (nSPS) is 25.3. The van der Waals surface area contributed by atoms with Gasteiger partial charge in [0.15, 0.2) is 5.00 Å². The quantitative estimate of drug-likeness (QED) is 0.371. The molecule has 0 N–H and O–H groups in total. The van der Waals surface area contributed by atoms with Gasteiger partial charge in [-0.05, 0) is 36.8 Å². The van der Waals surface area contributed by atoms with Crippen LogP contribution in [0.3, 0.4) is 0 Å². The van der Waals surface area contributed by atoms with Crippen LogP contribution in [0.15, 0.2) is 0 Å². The fourth-order valence-corrected chi connectivity index (χ4v) is 1.87. The zero-order chi connectivity index (χ0) is 7.61. The van der Waals surface area contributed by atoms with Crippen LogP contribution in [0.25, 0.3) is 0 Å². The molecule has 2 nitrogen and oxygen atoms in total. The van der Waals surface area contributed by atoms with E-state index in [0.717, 1.165) is 6.42 Å². The molecule has 11 heavy (non-hydrogen) atoms. The van der Waals surface area contributed by atoms with Crippen LogP contribution in [0.5, 0.6) is 0 Å². The third-order valence-corrected chi connectivity index (χ3v) is 2.90. The molecule has 0 heterocycles. The van der Waals surface area contributed by atoms with Gasteiger partial charge in [0.1, 0.15) is 0 Å². The monoisotopic (exact) mass is 188 g/mol. The average molecular weight is 188 g/mol. The Bertz CT molecular complexity index is 148. The van der Waals surface area contributed by atoms with E-state index in [-0.39, 0.29) is 42.4 Å². The van der Waals surface area contributed by atoms with E-state index >= 15 is 0 Å². The Labute approximate surface area is 90.5 Å². The Hall–Kier alpha value is 1.04. The van der Waals surface area contributed by atoms with Gasteiger partial charge < -0.3 is 4.55 Å². The zero-order valence-corrected chi connectivity index (χ0v) is 9.45. The largest absolute Gasteiger partial charge is 1.00 e. The summed E-state index contributed by atoms with van der Waals surface area (Å²) in [6.07, 6.45) is 2.73. The maximum absolute atomic E-state index is 13.1. The second kappa shape index (κ2) is 4.92. The van der Waals surface area contributed by atoms with Crippen molar-refractivity contribution in [2.75, 3.05) is 0 Å². The fraction of sp³-hybridized carbons (Fsp3) is 1.00. The molecule has 0 amide bonds. The number of hydrogen-bond donors (Lipinski definition) is 0. The van der Waals surface area contributed by atoms with Gasteiger partial charge in [0, 0.05) is 0 Å². The van der Waals surface area contributed by atoms with Gasteiger partial charge in [-0.1, -0.05) is 6.42 Å². The number of rotatable bonds is 1. The van der Waals surface area contributed by atoms with E-state index in [1.807, 2.05) is 0 Å². The van der Waals surface area contributed by atoms with Crippen LogP contribution in [0.2, 0.25) is 0 Å². The predicted molar refractivity (Wildman–Crippen MR) is 35.8 cm³/mol. The molecule has 0 spiro atoms. The third-order valence-electron chi connectivity index (χ3n) is 1.90. The van der Waals surface area contributed by atoms with Crippen molar-refractivity contribution in [1.29, 1.82) is 0 Å². The first-order valence-electron chi connectivity index (χ1n) is 3.43. The molecule has 0 aliphatic heterocycles. The van der Waals surface area contributed by atoms with Crippen molar-refractivity contribution in [2.45, 2.75) is 37.1 Å². The predicted octanol–water partition coefficient (Wildman–Crippen LogP) is -1.50. The van der Waals surface area contributed by atoms with E-state index in [9.17, 15) is 13.2 Å². The summed E-state index contributed by atoms with van der Waals surface area (Å²) in [6.45, 7) is 0. The van der Waals surface area contributed by atoms with E-state index in [2.05, 4.69) is 0 Å². The molecule has 0 bridgehead atoms. The average Bonchev–Trinajstić information content (AvgIpc) is 1.89. The van der Waals surface area contributed by atoms with Crippen molar-refractivity contribution in [2.24, 2.45) is 0 Å². The topological polar surface area (TPSA) is 40.1 Å². The van der Waals surface area contributed by atoms with Gasteiger partial charge in [-0.2, -0.15) is 0 Å². The molecule has 0 saturated heterocycles. The maximum Gasteiger partial charge on any atom is 1.00 e. The molecule has 1 fully saturated rings. The Morgan fingerprint density at radius 2 is 1.73 bits per heavy atom. The van der Waals surface area contributed by atoms with Gasteiger partial charge in [0.25, 0.3) is 0 Å². The van der Waals surface area contributed by atoms with E-state index in [1.165, 1.54) is 0 Å². The first-order valence-corrected chi connectivity index (χ1v) is 4.51. The van der Waals surface area contributed by atoms with Crippen LogP contribution in [-0.2, 0) is 11.1 Å². The Morgan fingerprint density at radius 3 is 2.00 bits per heavy atom. The van der Waals surface area contributed by atoms with E-state index in [4.69, 9.17) is 0 Å². The number of alkyl halides is 1. The first kappa shape index (κ1) is 12.0. The minimum atomic E-state index is -2.53. The van der Waals surface area contributed by atoms with Crippen molar-refractivity contribution in [3.63, 3.8) is 0 Å². The van der Waals surface area contributed by atoms with Crippen LogP contribution in [0.4, 0.5) is 4.39 Å². The van der Waals surface area contributed by atoms with Gasteiger partial charge in [-0.15, -0.1) is 0 Å². The molecule has 1 rings (SSSR count). The molecular formula is C6H10FNaO2S. The Morgan fingerprint density at radius 1 is 1.27 bits per heavy atom. The van der Waals surface area contributed by atoms with E-state index in [1.54, 1.807) is 0 Å². The van der Waals surface area contributed by atoms with Crippen LogP contribution in [-0.4, -0.2) is 13.8 Å². The van der Waals surface area contributed by atoms with Crippen molar-refractivity contribution in [3.8, 4) is 0 Å². The second-order valence-electron chi connectivity index (χ2n) is 2.68. The van der Waals surface area contributed by atoms with Crippen LogP contribution in [0, 0.1) is 0 Å². The summed E-state index contributed by atoms with van der Waals surface area (Å²) < 4.78 is 33.7. The summed E-state index contributed by atoms with van der Waals surface area (Å²) in [5.41, 5.74) is 0. The summed E-state index contributed by atoms with van der Waals surface area (Å²) >= 11 is -2.53. The molecule has 0 aromatic carbocycles. The molecule has 1 unspecified atom stereocenters. The van der Waals surface area contributed by atoms with Crippen LogP contribution >= 0.6 is 0 Å². The maximum atomic E-state index is 13.1. The van der Waals surface area contributed by atoms with E-state index in [0.29, 0.717) is 12.8 Å². The van der Waals surface area contributed by atoms with E-state index < -0.39 is 16.1 Å². The van der Waals surface area contributed by atoms with Crippen LogP contribution in [0.1, 0.15) is 32.1 Å². The van der Waals surface area contributed by atoms with Crippen molar-refractivity contribution in [3.05, 3.63) is 0 Å². The summed E-state index contributed by atoms with van der Waals surface area (Å²) in [4.78, 5) is 0. The number of halogens is 1. The minimum Gasteiger partial charge on any atom is -0.770 e. The van der Waals surface area contributed by atoms with Crippen LogP contribution < -0.4 is 29.6 Å². The molecule has 1 aliphatic rings. The van der Waals surface area contributed by atoms with Crippen molar-refractivity contribution < 1.29 is 42.7 Å². The first-order chi connectivity index (χ1) is 4.65. The fourth-order valence-electron chi connectivity index (χ4n) is 1.25. The molecule has 1 atom stereocenters. The molecule has 1 aliphatic carbocycles. The summed E-state index contributed by atoms with van der Waals surface area (Å²) in [5, 5.41) is -1.90. The molecule has 0 aromatic rings. The minimum absolute atomic E-state index is 0. The summed E-state index contributed by atoms with van der Waals surface area (Å²) in [7, 11) is 0. The summed E-state index contributed by atoms with van der Waals surface area (Å²) in [6, 6.07) is 0. The smallest absolute Gasteiger partial charge is 0.770 e. The van der Waals surface area contributed by atoms with Gasteiger partial charge >= 0.3 is 29.6 Å². The molecule has 0 radical (unpaired) electrons. The van der Waals surface area contributed by atoms with Gasteiger partial charge in [0.2, 0.25) is 0 Å². The SMILES string of the molecule is O=S([O-])C1(F)CCCCC1.[Na+]. The van der Waals surface area contributed by atoms with Crippen molar-refractivity contribution >= 4 is 11.1 Å². The van der Waals surface area contributed by atoms with Gasteiger partial charge in [-0.25, -0.2) is 4.39 Å². The standard InChI is InChI=1S/C6H11FO2S.Na/c7-6(10(8)9)4-2-1-3-5-6;/h1-5H2,(H,8,9);/q;+1/p-1. The molecule has 0 aromatic heterocycles. The molecule has 60 valence electrons. The molecule has 5 heteroatoms. The van der Waals surface area contributed by atoms with Crippen molar-refractivity contribution in [1.82, 2.24) is 0 Å². The van der Waals surface area contributed by atoms with Gasteiger partial charge in [-0.3, -0.25) is 4.21 Å².